The molecule has 3 rings (SSSR count). The summed E-state index contributed by atoms with van der Waals surface area (Å²) in [7, 11) is 0. The van der Waals surface area contributed by atoms with Gasteiger partial charge in [0.15, 0.2) is 11.5 Å². The Hall–Kier alpha value is -2.00. The molecule has 2 N–H and O–H groups in total. The fourth-order valence-electron chi connectivity index (χ4n) is 1.91. The third-order valence-electron chi connectivity index (χ3n) is 2.90. The zero-order valence-corrected chi connectivity index (χ0v) is 9.35. The summed E-state index contributed by atoms with van der Waals surface area (Å²) in [6.45, 7) is 0.881. The second kappa shape index (κ2) is 4.11. The fourth-order valence-corrected chi connectivity index (χ4v) is 1.91. The van der Waals surface area contributed by atoms with Gasteiger partial charge >= 0.3 is 0 Å². The van der Waals surface area contributed by atoms with Crippen LogP contribution in [0.15, 0.2) is 42.5 Å². The van der Waals surface area contributed by atoms with Gasteiger partial charge in [-0.25, -0.2) is 0 Å². The van der Waals surface area contributed by atoms with Gasteiger partial charge < -0.3 is 15.2 Å². The van der Waals surface area contributed by atoms with Gasteiger partial charge in [0.1, 0.15) is 0 Å². The van der Waals surface area contributed by atoms with Crippen molar-refractivity contribution in [2.75, 3.05) is 6.79 Å². The maximum atomic E-state index is 5.58. The van der Waals surface area contributed by atoms with E-state index in [1.807, 2.05) is 30.3 Å². The lowest BCUT2D eigenvalue weighted by atomic mass is 10.0. The van der Waals surface area contributed by atoms with Gasteiger partial charge in [0.25, 0.3) is 0 Å². The van der Waals surface area contributed by atoms with E-state index < -0.39 is 0 Å². The van der Waals surface area contributed by atoms with E-state index in [0.29, 0.717) is 13.3 Å². The molecule has 1 heterocycles. The number of nitrogens with two attached hydrogens (primary N) is 1. The smallest absolute Gasteiger partial charge is 0.231 e. The van der Waals surface area contributed by atoms with E-state index >= 15 is 0 Å². The van der Waals surface area contributed by atoms with Crippen molar-refractivity contribution in [2.24, 2.45) is 5.73 Å². The molecule has 0 amide bonds. The number of hydrogen-bond donors (Lipinski definition) is 1. The predicted molar refractivity (Wildman–Crippen MR) is 65.9 cm³/mol. The van der Waals surface area contributed by atoms with E-state index in [-0.39, 0.29) is 0 Å². The van der Waals surface area contributed by atoms with Crippen LogP contribution in [0.5, 0.6) is 11.5 Å². The quantitative estimate of drug-likeness (QED) is 0.857. The first-order valence-electron chi connectivity index (χ1n) is 5.56. The lowest BCUT2D eigenvalue weighted by Gasteiger charge is -2.04. The molecule has 0 spiro atoms. The lowest BCUT2D eigenvalue weighted by Crippen LogP contribution is -1.95. The molecule has 0 saturated carbocycles. The van der Waals surface area contributed by atoms with Gasteiger partial charge in [0, 0.05) is 6.54 Å². The largest absolute Gasteiger partial charge is 0.454 e. The highest BCUT2D eigenvalue weighted by molar-refractivity contribution is 5.67. The summed E-state index contributed by atoms with van der Waals surface area (Å²) < 4.78 is 10.7. The predicted octanol–water partition coefficient (Wildman–Crippen LogP) is 2.54. The molecule has 0 saturated heterocycles. The van der Waals surface area contributed by atoms with E-state index in [1.54, 1.807) is 0 Å². The Balaban J connectivity index is 1.97. The van der Waals surface area contributed by atoms with Crippen LogP contribution in [0.25, 0.3) is 11.1 Å². The van der Waals surface area contributed by atoms with Gasteiger partial charge in [-0.05, 0) is 28.8 Å². The third-order valence-corrected chi connectivity index (χ3v) is 2.90. The molecule has 0 radical (unpaired) electrons. The van der Waals surface area contributed by atoms with E-state index in [0.717, 1.165) is 28.2 Å². The highest BCUT2D eigenvalue weighted by Gasteiger charge is 2.13. The maximum absolute atomic E-state index is 5.58. The minimum absolute atomic E-state index is 0.310. The second-order valence-corrected chi connectivity index (χ2v) is 3.97. The summed E-state index contributed by atoms with van der Waals surface area (Å²) >= 11 is 0. The normalized spacial score (nSPS) is 12.8. The molecule has 17 heavy (non-hydrogen) atoms. The molecule has 3 nitrogen and oxygen atoms in total. The minimum Gasteiger partial charge on any atom is -0.454 e. The molecular weight excluding hydrogens is 214 g/mol. The van der Waals surface area contributed by atoms with Crippen LogP contribution in [0, 0.1) is 0 Å². The second-order valence-electron chi connectivity index (χ2n) is 3.97. The monoisotopic (exact) mass is 227 g/mol. The topological polar surface area (TPSA) is 44.5 Å². The molecule has 2 aromatic rings. The highest BCUT2D eigenvalue weighted by atomic mass is 16.7. The Morgan fingerprint density at radius 3 is 2.35 bits per heavy atom. The van der Waals surface area contributed by atoms with Gasteiger partial charge in [-0.1, -0.05) is 30.3 Å². The molecule has 0 atom stereocenters. The SMILES string of the molecule is NCc1ccc(-c2ccc3c(c2)OCO3)cc1. The molecule has 2 aromatic carbocycles. The number of hydrogen-bond acceptors (Lipinski definition) is 3. The van der Waals surface area contributed by atoms with E-state index in [9.17, 15) is 0 Å². The van der Waals surface area contributed by atoms with Crippen LogP contribution in [0.2, 0.25) is 0 Å². The first kappa shape index (κ1) is 10.2. The number of rotatable bonds is 2. The summed E-state index contributed by atoms with van der Waals surface area (Å²) in [5.74, 6) is 1.62. The average Bonchev–Trinajstić information content (AvgIpc) is 2.86. The summed E-state index contributed by atoms with van der Waals surface area (Å²) in [6, 6.07) is 14.2. The molecule has 1 aliphatic heterocycles. The molecular formula is C14H13NO2. The van der Waals surface area contributed by atoms with Crippen LogP contribution in [-0.4, -0.2) is 6.79 Å². The molecule has 3 heteroatoms. The number of ether oxygens (including phenoxy) is 2. The zero-order chi connectivity index (χ0) is 11.7. The van der Waals surface area contributed by atoms with E-state index in [2.05, 4.69) is 12.1 Å². The first-order valence-corrected chi connectivity index (χ1v) is 5.56. The van der Waals surface area contributed by atoms with Crippen molar-refractivity contribution in [3.05, 3.63) is 48.0 Å². The maximum Gasteiger partial charge on any atom is 0.231 e. The van der Waals surface area contributed by atoms with Crippen LogP contribution >= 0.6 is 0 Å². The van der Waals surface area contributed by atoms with E-state index in [4.69, 9.17) is 15.2 Å². The molecule has 0 unspecified atom stereocenters. The van der Waals surface area contributed by atoms with Crippen molar-refractivity contribution >= 4 is 0 Å². The van der Waals surface area contributed by atoms with Crippen LogP contribution in [-0.2, 0) is 6.54 Å². The first-order chi connectivity index (χ1) is 8.36. The number of fused-ring (bicyclic) bond motifs is 1. The van der Waals surface area contributed by atoms with Crippen molar-refractivity contribution in [3.63, 3.8) is 0 Å². The van der Waals surface area contributed by atoms with Gasteiger partial charge in [0.05, 0.1) is 0 Å². The Morgan fingerprint density at radius 1 is 0.882 bits per heavy atom. The zero-order valence-electron chi connectivity index (χ0n) is 9.35. The fraction of sp³-hybridized carbons (Fsp3) is 0.143. The van der Waals surface area contributed by atoms with Crippen LogP contribution in [0.3, 0.4) is 0 Å². The summed E-state index contributed by atoms with van der Waals surface area (Å²) in [4.78, 5) is 0. The van der Waals surface area contributed by atoms with Crippen molar-refractivity contribution in [2.45, 2.75) is 6.54 Å². The van der Waals surface area contributed by atoms with Gasteiger partial charge in [-0.15, -0.1) is 0 Å². The summed E-state index contributed by atoms with van der Waals surface area (Å²) in [5.41, 5.74) is 8.99. The van der Waals surface area contributed by atoms with E-state index in [1.165, 1.54) is 0 Å². The van der Waals surface area contributed by atoms with Crippen molar-refractivity contribution in [1.82, 2.24) is 0 Å². The Labute approximate surface area is 99.8 Å². The van der Waals surface area contributed by atoms with Crippen LogP contribution in [0.4, 0.5) is 0 Å². The van der Waals surface area contributed by atoms with Crippen LogP contribution < -0.4 is 15.2 Å². The summed E-state index contributed by atoms with van der Waals surface area (Å²) in [5, 5.41) is 0. The molecule has 0 aromatic heterocycles. The molecule has 86 valence electrons. The molecule has 0 bridgehead atoms. The Bertz CT molecular complexity index is 534. The molecule has 1 aliphatic rings. The highest BCUT2D eigenvalue weighted by Crippen LogP contribution is 2.35. The Kier molecular flexibility index (Phi) is 2.46. The molecule has 0 fully saturated rings. The van der Waals surface area contributed by atoms with Crippen molar-refractivity contribution < 1.29 is 9.47 Å². The van der Waals surface area contributed by atoms with Gasteiger partial charge in [-0.3, -0.25) is 0 Å². The third kappa shape index (κ3) is 1.85. The molecule has 0 aliphatic carbocycles. The van der Waals surface area contributed by atoms with Gasteiger partial charge in [-0.2, -0.15) is 0 Å². The number of benzene rings is 2. The minimum atomic E-state index is 0.310. The van der Waals surface area contributed by atoms with Crippen molar-refractivity contribution in [3.8, 4) is 22.6 Å². The average molecular weight is 227 g/mol. The van der Waals surface area contributed by atoms with Gasteiger partial charge in [0.2, 0.25) is 6.79 Å². The standard InChI is InChI=1S/C14H13NO2/c15-8-10-1-3-11(4-2-10)12-5-6-13-14(7-12)17-9-16-13/h1-7H,8-9,15H2. The van der Waals surface area contributed by atoms with Crippen molar-refractivity contribution in [1.29, 1.82) is 0 Å². The van der Waals surface area contributed by atoms with Crippen LogP contribution in [0.1, 0.15) is 5.56 Å². The summed E-state index contributed by atoms with van der Waals surface area (Å²) in [6.07, 6.45) is 0. The lowest BCUT2D eigenvalue weighted by molar-refractivity contribution is 0.174. The Morgan fingerprint density at radius 2 is 1.59 bits per heavy atom.